The van der Waals surface area contributed by atoms with Crippen LogP contribution in [-0.4, -0.2) is 29.4 Å². The van der Waals surface area contributed by atoms with E-state index >= 15 is 0 Å². The van der Waals surface area contributed by atoms with Gasteiger partial charge in [-0.25, -0.2) is 9.69 Å². The van der Waals surface area contributed by atoms with E-state index < -0.39 is 17.8 Å². The van der Waals surface area contributed by atoms with Crippen molar-refractivity contribution in [1.82, 2.24) is 5.32 Å². The van der Waals surface area contributed by atoms with Crippen LogP contribution in [0.3, 0.4) is 0 Å². The fraction of sp³-hybridized carbons (Fsp3) is 0.346. The fourth-order valence-corrected chi connectivity index (χ4v) is 5.45. The minimum Gasteiger partial charge on any atom is -0.364 e. The summed E-state index contributed by atoms with van der Waals surface area (Å²) in [5.41, 5.74) is 3.50. The average Bonchev–Trinajstić information content (AvgIpc) is 2.71. The van der Waals surface area contributed by atoms with Gasteiger partial charge in [0.05, 0.1) is 5.69 Å². The number of barbiturate groups is 1. The molecule has 0 radical (unpaired) electrons. The van der Waals surface area contributed by atoms with Crippen LogP contribution in [0.1, 0.15) is 58.1 Å². The first-order valence-electron chi connectivity index (χ1n) is 11.1. The summed E-state index contributed by atoms with van der Waals surface area (Å²) >= 11 is 3.35. The molecule has 0 aromatic heterocycles. The van der Waals surface area contributed by atoms with Crippen molar-refractivity contribution in [3.63, 3.8) is 0 Å². The van der Waals surface area contributed by atoms with E-state index in [0.717, 1.165) is 21.4 Å². The maximum Gasteiger partial charge on any atom is 0.335 e. The quantitative estimate of drug-likeness (QED) is 0.430. The molecule has 0 spiro atoms. The summed E-state index contributed by atoms with van der Waals surface area (Å²) in [5.74, 6) is -0.990. The molecule has 0 aliphatic carbocycles. The zero-order chi connectivity index (χ0) is 24.1. The van der Waals surface area contributed by atoms with Crippen LogP contribution in [0, 0.1) is 0 Å². The molecule has 2 aromatic carbocycles. The van der Waals surface area contributed by atoms with Gasteiger partial charge in [-0.1, -0.05) is 28.9 Å². The number of anilines is 2. The number of urea groups is 1. The zero-order valence-corrected chi connectivity index (χ0v) is 21.1. The highest BCUT2D eigenvalue weighted by atomic mass is 79.9. The Labute approximate surface area is 202 Å². The predicted molar refractivity (Wildman–Crippen MR) is 134 cm³/mol. The molecule has 1 saturated heterocycles. The number of hydrogen-bond donors (Lipinski definition) is 1. The number of amides is 4. The summed E-state index contributed by atoms with van der Waals surface area (Å²) < 4.78 is 0.824. The van der Waals surface area contributed by atoms with E-state index in [2.05, 4.69) is 72.9 Å². The van der Waals surface area contributed by atoms with Gasteiger partial charge in [0.2, 0.25) is 0 Å². The summed E-state index contributed by atoms with van der Waals surface area (Å²) in [6, 6.07) is 12.4. The molecule has 7 heteroatoms. The molecule has 6 nitrogen and oxygen atoms in total. The molecule has 4 rings (SSSR count). The van der Waals surface area contributed by atoms with Gasteiger partial charge in [-0.05, 0) is 93.6 Å². The van der Waals surface area contributed by atoms with Gasteiger partial charge in [-0.3, -0.25) is 14.9 Å². The van der Waals surface area contributed by atoms with Gasteiger partial charge in [0.15, 0.2) is 0 Å². The minimum atomic E-state index is -0.752. The molecular weight excluding hydrogens is 482 g/mol. The average molecular weight is 510 g/mol. The van der Waals surface area contributed by atoms with Crippen LogP contribution in [0.4, 0.5) is 16.2 Å². The highest BCUT2D eigenvalue weighted by Crippen LogP contribution is 2.44. The third-order valence-electron chi connectivity index (χ3n) is 6.31. The van der Waals surface area contributed by atoms with Gasteiger partial charge in [-0.2, -0.15) is 0 Å². The van der Waals surface area contributed by atoms with Gasteiger partial charge in [-0.15, -0.1) is 0 Å². The Morgan fingerprint density at radius 3 is 2.39 bits per heavy atom. The SMILES string of the molecule is CC1CC(C)(C)N(C(C)C)c2ccc(/C=C3\C(=O)NC(=O)N(c4ccc(Br)cc4)C3=O)cc21. The number of hydrogen-bond acceptors (Lipinski definition) is 4. The molecule has 2 aliphatic rings. The normalized spacial score (nSPS) is 21.5. The van der Waals surface area contributed by atoms with E-state index in [1.54, 1.807) is 30.3 Å². The molecule has 33 heavy (non-hydrogen) atoms. The second-order valence-electron chi connectivity index (χ2n) is 9.63. The molecule has 2 heterocycles. The Hall–Kier alpha value is -2.93. The monoisotopic (exact) mass is 509 g/mol. The van der Waals surface area contributed by atoms with Gasteiger partial charge >= 0.3 is 6.03 Å². The van der Waals surface area contributed by atoms with Gasteiger partial charge in [0.25, 0.3) is 11.8 Å². The van der Waals surface area contributed by atoms with Gasteiger partial charge < -0.3 is 4.90 Å². The maximum absolute atomic E-state index is 13.2. The predicted octanol–water partition coefficient (Wildman–Crippen LogP) is 5.62. The van der Waals surface area contributed by atoms with E-state index in [1.165, 1.54) is 11.3 Å². The van der Waals surface area contributed by atoms with E-state index in [1.807, 2.05) is 6.07 Å². The van der Waals surface area contributed by atoms with Crippen molar-refractivity contribution in [2.75, 3.05) is 9.80 Å². The maximum atomic E-state index is 13.2. The highest BCUT2D eigenvalue weighted by molar-refractivity contribution is 9.10. The van der Waals surface area contributed by atoms with Gasteiger partial charge in [0, 0.05) is 21.7 Å². The first-order valence-corrected chi connectivity index (χ1v) is 11.9. The van der Waals surface area contributed by atoms with Crippen molar-refractivity contribution >= 4 is 51.2 Å². The number of fused-ring (bicyclic) bond motifs is 1. The van der Waals surface area contributed by atoms with E-state index in [4.69, 9.17) is 0 Å². The molecule has 0 bridgehead atoms. The largest absolute Gasteiger partial charge is 0.364 e. The summed E-state index contributed by atoms with van der Waals surface area (Å²) in [5, 5.41) is 2.29. The molecule has 1 atom stereocenters. The lowest BCUT2D eigenvalue weighted by atomic mass is 9.78. The van der Waals surface area contributed by atoms with E-state index in [9.17, 15) is 14.4 Å². The molecule has 4 amide bonds. The zero-order valence-electron chi connectivity index (χ0n) is 19.5. The van der Waals surface area contributed by atoms with Crippen LogP contribution in [0.25, 0.3) is 6.08 Å². The molecular formula is C26H28BrN3O3. The van der Waals surface area contributed by atoms with Crippen LogP contribution in [-0.2, 0) is 9.59 Å². The number of carbonyl (C=O) groups excluding carboxylic acids is 3. The van der Waals surface area contributed by atoms with Crippen molar-refractivity contribution in [1.29, 1.82) is 0 Å². The van der Waals surface area contributed by atoms with Crippen LogP contribution < -0.4 is 15.1 Å². The first-order chi connectivity index (χ1) is 15.5. The number of nitrogens with zero attached hydrogens (tertiary/aromatic N) is 2. The molecule has 0 saturated carbocycles. The Balaban J connectivity index is 1.73. The first kappa shape index (κ1) is 23.2. The van der Waals surface area contributed by atoms with Crippen molar-refractivity contribution in [2.24, 2.45) is 0 Å². The fourth-order valence-electron chi connectivity index (χ4n) is 5.19. The Kier molecular flexibility index (Phi) is 5.95. The topological polar surface area (TPSA) is 69.7 Å². The molecule has 2 aromatic rings. The van der Waals surface area contributed by atoms with E-state index in [-0.39, 0.29) is 11.1 Å². The lowest BCUT2D eigenvalue weighted by Gasteiger charge is -2.50. The third kappa shape index (κ3) is 4.22. The second-order valence-corrected chi connectivity index (χ2v) is 10.5. The van der Waals surface area contributed by atoms with Crippen molar-refractivity contribution < 1.29 is 14.4 Å². The minimum absolute atomic E-state index is 0.0331. The third-order valence-corrected chi connectivity index (χ3v) is 6.84. The van der Waals surface area contributed by atoms with Crippen LogP contribution in [0.2, 0.25) is 0 Å². The molecule has 2 aliphatic heterocycles. The molecule has 172 valence electrons. The van der Waals surface area contributed by atoms with Gasteiger partial charge in [0.1, 0.15) is 5.57 Å². The summed E-state index contributed by atoms with van der Waals surface area (Å²) in [4.78, 5) is 41.6. The Bertz CT molecular complexity index is 1170. The summed E-state index contributed by atoms with van der Waals surface area (Å²) in [7, 11) is 0. The number of nitrogens with one attached hydrogen (secondary N) is 1. The lowest BCUT2D eigenvalue weighted by Crippen LogP contribution is -2.54. The van der Waals surface area contributed by atoms with Crippen molar-refractivity contribution in [2.45, 2.75) is 58.5 Å². The molecule has 1 fully saturated rings. The van der Waals surface area contributed by atoms with Crippen molar-refractivity contribution in [3.05, 3.63) is 63.6 Å². The smallest absolute Gasteiger partial charge is 0.335 e. The molecule has 1 N–H and O–H groups in total. The number of rotatable bonds is 3. The van der Waals surface area contributed by atoms with Crippen LogP contribution in [0.15, 0.2) is 52.5 Å². The number of benzene rings is 2. The van der Waals surface area contributed by atoms with E-state index in [0.29, 0.717) is 17.6 Å². The second kappa shape index (κ2) is 8.45. The van der Waals surface area contributed by atoms with Crippen LogP contribution >= 0.6 is 15.9 Å². The summed E-state index contributed by atoms with van der Waals surface area (Å²) in [6.45, 7) is 11.1. The standard InChI is InChI=1S/C26H28BrN3O3/c1-15(2)30-22-11-6-17(12-20(22)16(3)14-26(30,4)5)13-21-23(31)28-25(33)29(24(21)32)19-9-7-18(27)8-10-19/h6-13,15-16H,14H2,1-5H3,(H,28,31,33)/b21-13+. The molecule has 1 unspecified atom stereocenters. The van der Waals surface area contributed by atoms with Crippen molar-refractivity contribution in [3.8, 4) is 0 Å². The van der Waals surface area contributed by atoms with Crippen LogP contribution in [0.5, 0.6) is 0 Å². The lowest BCUT2D eigenvalue weighted by molar-refractivity contribution is -0.122. The summed E-state index contributed by atoms with van der Waals surface area (Å²) in [6.07, 6.45) is 2.58. The number of imide groups is 2. The Morgan fingerprint density at radius 1 is 1.09 bits per heavy atom. The number of carbonyl (C=O) groups is 3. The Morgan fingerprint density at radius 2 is 1.76 bits per heavy atom. The highest BCUT2D eigenvalue weighted by Gasteiger charge is 2.39. The number of halogens is 1.